The van der Waals surface area contributed by atoms with Crippen molar-refractivity contribution in [2.75, 3.05) is 19.8 Å². The zero-order valence-electron chi connectivity index (χ0n) is 9.43. The Morgan fingerprint density at radius 3 is 2.81 bits per heavy atom. The van der Waals surface area contributed by atoms with Crippen LogP contribution in [0.4, 0.5) is 0 Å². The molecule has 0 bridgehead atoms. The number of rotatable bonds is 5. The monoisotopic (exact) mass is 221 g/mol. The molecule has 1 aromatic rings. The van der Waals surface area contributed by atoms with Crippen LogP contribution in [0.5, 0.6) is 0 Å². The Kier molecular flexibility index (Phi) is 4.34. The first kappa shape index (κ1) is 11.6. The fourth-order valence-electron chi connectivity index (χ4n) is 2.10. The predicted molar refractivity (Wildman–Crippen MR) is 63.1 cm³/mol. The molecular weight excluding hydrogens is 202 g/mol. The molecule has 0 saturated carbocycles. The molecule has 88 valence electrons. The average Bonchev–Trinajstić information content (AvgIpc) is 2.85. The Balaban J connectivity index is 1.83. The largest absolute Gasteiger partial charge is 0.395 e. The molecule has 1 saturated heterocycles. The van der Waals surface area contributed by atoms with E-state index in [1.54, 1.807) is 0 Å². The highest BCUT2D eigenvalue weighted by Gasteiger charge is 2.24. The summed E-state index contributed by atoms with van der Waals surface area (Å²) in [7, 11) is 0. The number of hydrogen-bond donors (Lipinski definition) is 2. The van der Waals surface area contributed by atoms with Crippen molar-refractivity contribution < 1.29 is 9.84 Å². The Labute approximate surface area is 96.4 Å². The number of ether oxygens (including phenoxy) is 1. The molecule has 1 heterocycles. The SMILES string of the molecule is OCC(NCc1ccccc1)C1CCOC1. The first-order valence-electron chi connectivity index (χ1n) is 5.86. The van der Waals surface area contributed by atoms with Crippen molar-refractivity contribution in [3.63, 3.8) is 0 Å². The van der Waals surface area contributed by atoms with E-state index in [1.165, 1.54) is 5.56 Å². The summed E-state index contributed by atoms with van der Waals surface area (Å²) in [5.74, 6) is 0.453. The highest BCUT2D eigenvalue weighted by atomic mass is 16.5. The van der Waals surface area contributed by atoms with Crippen LogP contribution >= 0.6 is 0 Å². The molecule has 0 aromatic heterocycles. The molecule has 0 amide bonds. The summed E-state index contributed by atoms with van der Waals surface area (Å²) >= 11 is 0. The van der Waals surface area contributed by atoms with Crippen LogP contribution in [0.1, 0.15) is 12.0 Å². The fraction of sp³-hybridized carbons (Fsp3) is 0.538. The third kappa shape index (κ3) is 3.04. The molecule has 2 N–H and O–H groups in total. The van der Waals surface area contributed by atoms with Gasteiger partial charge in [0, 0.05) is 25.1 Å². The van der Waals surface area contributed by atoms with Gasteiger partial charge in [-0.05, 0) is 12.0 Å². The minimum Gasteiger partial charge on any atom is -0.395 e. The zero-order chi connectivity index (χ0) is 11.2. The lowest BCUT2D eigenvalue weighted by molar-refractivity contribution is 0.153. The molecule has 1 aromatic carbocycles. The van der Waals surface area contributed by atoms with Gasteiger partial charge in [-0.15, -0.1) is 0 Å². The predicted octanol–water partition coefficient (Wildman–Crippen LogP) is 1.17. The second kappa shape index (κ2) is 5.99. The van der Waals surface area contributed by atoms with Crippen LogP contribution in [0.15, 0.2) is 30.3 Å². The van der Waals surface area contributed by atoms with E-state index in [-0.39, 0.29) is 12.6 Å². The van der Waals surface area contributed by atoms with E-state index in [0.29, 0.717) is 5.92 Å². The molecule has 3 heteroatoms. The van der Waals surface area contributed by atoms with Gasteiger partial charge in [-0.2, -0.15) is 0 Å². The van der Waals surface area contributed by atoms with Crippen LogP contribution in [0.3, 0.4) is 0 Å². The van der Waals surface area contributed by atoms with Crippen LogP contribution in [0.2, 0.25) is 0 Å². The summed E-state index contributed by atoms with van der Waals surface area (Å²) in [4.78, 5) is 0. The molecule has 2 unspecified atom stereocenters. The third-order valence-corrected chi connectivity index (χ3v) is 3.14. The highest BCUT2D eigenvalue weighted by Crippen LogP contribution is 2.16. The van der Waals surface area contributed by atoms with Crippen molar-refractivity contribution >= 4 is 0 Å². The minimum atomic E-state index is 0.155. The van der Waals surface area contributed by atoms with Gasteiger partial charge in [0.05, 0.1) is 13.2 Å². The number of nitrogens with one attached hydrogen (secondary N) is 1. The lowest BCUT2D eigenvalue weighted by Crippen LogP contribution is -2.39. The molecule has 1 fully saturated rings. The Morgan fingerprint density at radius 2 is 2.19 bits per heavy atom. The van der Waals surface area contributed by atoms with Crippen LogP contribution in [0, 0.1) is 5.92 Å². The maximum Gasteiger partial charge on any atom is 0.0588 e. The van der Waals surface area contributed by atoms with E-state index in [0.717, 1.165) is 26.2 Å². The van der Waals surface area contributed by atoms with Crippen molar-refractivity contribution in [2.24, 2.45) is 5.92 Å². The second-order valence-electron chi connectivity index (χ2n) is 4.28. The summed E-state index contributed by atoms with van der Waals surface area (Å²) in [5, 5.41) is 12.7. The number of hydrogen-bond acceptors (Lipinski definition) is 3. The molecular formula is C13H19NO2. The topological polar surface area (TPSA) is 41.5 Å². The van der Waals surface area contributed by atoms with Gasteiger partial charge in [0.2, 0.25) is 0 Å². The van der Waals surface area contributed by atoms with Crippen LogP contribution < -0.4 is 5.32 Å². The smallest absolute Gasteiger partial charge is 0.0588 e. The summed E-state index contributed by atoms with van der Waals surface area (Å²) in [6, 6.07) is 10.4. The maximum atomic E-state index is 9.35. The van der Waals surface area contributed by atoms with E-state index >= 15 is 0 Å². The van der Waals surface area contributed by atoms with Crippen molar-refractivity contribution in [1.29, 1.82) is 0 Å². The van der Waals surface area contributed by atoms with Crippen molar-refractivity contribution in [3.8, 4) is 0 Å². The van der Waals surface area contributed by atoms with E-state index in [4.69, 9.17) is 4.74 Å². The number of aliphatic hydroxyl groups is 1. The van der Waals surface area contributed by atoms with Gasteiger partial charge in [0.25, 0.3) is 0 Å². The van der Waals surface area contributed by atoms with Gasteiger partial charge in [-0.1, -0.05) is 30.3 Å². The van der Waals surface area contributed by atoms with Gasteiger partial charge < -0.3 is 15.2 Å². The molecule has 1 aliphatic heterocycles. The van der Waals surface area contributed by atoms with E-state index < -0.39 is 0 Å². The highest BCUT2D eigenvalue weighted by molar-refractivity contribution is 5.14. The van der Waals surface area contributed by atoms with Gasteiger partial charge in [0.15, 0.2) is 0 Å². The Morgan fingerprint density at radius 1 is 1.38 bits per heavy atom. The number of aliphatic hydroxyl groups excluding tert-OH is 1. The maximum absolute atomic E-state index is 9.35. The van der Waals surface area contributed by atoms with Crippen LogP contribution in [-0.4, -0.2) is 31.0 Å². The quantitative estimate of drug-likeness (QED) is 0.784. The Hall–Kier alpha value is -0.900. The molecule has 16 heavy (non-hydrogen) atoms. The first-order chi connectivity index (χ1) is 7.90. The normalized spacial score (nSPS) is 22.2. The van der Waals surface area contributed by atoms with E-state index in [2.05, 4.69) is 17.4 Å². The standard InChI is InChI=1S/C13H19NO2/c15-9-13(12-6-7-16-10-12)14-8-11-4-2-1-3-5-11/h1-5,12-15H,6-10H2. The summed E-state index contributed by atoms with van der Waals surface area (Å²) in [6.07, 6.45) is 1.05. The third-order valence-electron chi connectivity index (χ3n) is 3.14. The lowest BCUT2D eigenvalue weighted by Gasteiger charge is -2.21. The van der Waals surface area contributed by atoms with Crippen LogP contribution in [-0.2, 0) is 11.3 Å². The number of benzene rings is 1. The minimum absolute atomic E-state index is 0.155. The molecule has 2 atom stereocenters. The Bertz CT molecular complexity index is 296. The van der Waals surface area contributed by atoms with Gasteiger partial charge in [0.1, 0.15) is 0 Å². The van der Waals surface area contributed by atoms with E-state index in [9.17, 15) is 5.11 Å². The van der Waals surface area contributed by atoms with Crippen molar-refractivity contribution in [1.82, 2.24) is 5.32 Å². The van der Waals surface area contributed by atoms with Crippen LogP contribution in [0.25, 0.3) is 0 Å². The van der Waals surface area contributed by atoms with Gasteiger partial charge in [-0.25, -0.2) is 0 Å². The average molecular weight is 221 g/mol. The van der Waals surface area contributed by atoms with Crippen molar-refractivity contribution in [3.05, 3.63) is 35.9 Å². The molecule has 0 aliphatic carbocycles. The summed E-state index contributed by atoms with van der Waals surface area (Å²) in [5.41, 5.74) is 1.25. The zero-order valence-corrected chi connectivity index (χ0v) is 9.43. The molecule has 1 aliphatic rings. The fourth-order valence-corrected chi connectivity index (χ4v) is 2.10. The van der Waals surface area contributed by atoms with E-state index in [1.807, 2.05) is 18.2 Å². The molecule has 0 radical (unpaired) electrons. The molecule has 3 nitrogen and oxygen atoms in total. The lowest BCUT2D eigenvalue weighted by atomic mass is 9.99. The molecule has 0 spiro atoms. The second-order valence-corrected chi connectivity index (χ2v) is 4.28. The first-order valence-corrected chi connectivity index (χ1v) is 5.86. The van der Waals surface area contributed by atoms with Crippen molar-refractivity contribution in [2.45, 2.75) is 19.0 Å². The van der Waals surface area contributed by atoms with Gasteiger partial charge >= 0.3 is 0 Å². The van der Waals surface area contributed by atoms with Gasteiger partial charge in [-0.3, -0.25) is 0 Å². The summed E-state index contributed by atoms with van der Waals surface area (Å²) in [6.45, 7) is 2.59. The summed E-state index contributed by atoms with van der Waals surface area (Å²) < 4.78 is 5.34. The molecule has 2 rings (SSSR count).